The zero-order chi connectivity index (χ0) is 17.6. The Morgan fingerprint density at radius 2 is 2.08 bits per heavy atom. The molecule has 0 radical (unpaired) electrons. The first-order chi connectivity index (χ1) is 12.0. The maximum absolute atomic E-state index is 14.1. The summed E-state index contributed by atoms with van der Waals surface area (Å²) in [6.45, 7) is -0.525. The molecule has 0 saturated carbocycles. The second-order valence-corrected chi connectivity index (χ2v) is 5.98. The van der Waals surface area contributed by atoms with Crippen molar-refractivity contribution in [1.82, 2.24) is 14.6 Å². The van der Waals surface area contributed by atoms with E-state index in [9.17, 15) is 13.2 Å². The van der Waals surface area contributed by atoms with Crippen LogP contribution in [0.5, 0.6) is 0 Å². The van der Waals surface area contributed by atoms with Crippen molar-refractivity contribution in [3.05, 3.63) is 59.7 Å². The third-order valence-corrected chi connectivity index (χ3v) is 4.26. The molecule has 5 nitrogen and oxygen atoms in total. The van der Waals surface area contributed by atoms with E-state index in [0.29, 0.717) is 11.2 Å². The summed E-state index contributed by atoms with van der Waals surface area (Å²) in [4.78, 5) is 5.48. The first kappa shape index (κ1) is 15.4. The molecule has 4 rings (SSSR count). The lowest BCUT2D eigenvalue weighted by Gasteiger charge is -2.25. The van der Waals surface area contributed by atoms with E-state index < -0.39 is 30.7 Å². The number of alkyl halides is 2. The molecule has 8 heteroatoms. The number of nitriles is 1. The molecule has 0 amide bonds. The Morgan fingerprint density at radius 3 is 2.84 bits per heavy atom. The van der Waals surface area contributed by atoms with Gasteiger partial charge in [0.15, 0.2) is 11.3 Å². The molecule has 25 heavy (non-hydrogen) atoms. The quantitative estimate of drug-likeness (QED) is 0.716. The second kappa shape index (κ2) is 5.48. The smallest absolute Gasteiger partial charge is 0.267 e. The highest BCUT2D eigenvalue weighted by molar-refractivity contribution is 5.51. The lowest BCUT2D eigenvalue weighted by Crippen LogP contribution is -2.27. The molecule has 1 aliphatic rings. The molecule has 1 aliphatic heterocycles. The zero-order valence-corrected chi connectivity index (χ0v) is 12.9. The monoisotopic (exact) mass is 343 g/mol. The number of fused-ring (bicyclic) bond motifs is 1. The summed E-state index contributed by atoms with van der Waals surface area (Å²) >= 11 is 0. The van der Waals surface area contributed by atoms with E-state index >= 15 is 0 Å². The van der Waals surface area contributed by atoms with E-state index in [1.165, 1.54) is 33.8 Å². The van der Waals surface area contributed by atoms with Gasteiger partial charge in [-0.15, -0.1) is 5.10 Å². The van der Waals surface area contributed by atoms with Gasteiger partial charge in [0.1, 0.15) is 17.7 Å². The van der Waals surface area contributed by atoms with Crippen LogP contribution in [-0.2, 0) is 0 Å². The van der Waals surface area contributed by atoms with Gasteiger partial charge in [-0.3, -0.25) is 0 Å². The Balaban J connectivity index is 1.80. The van der Waals surface area contributed by atoms with Crippen LogP contribution in [0.25, 0.3) is 5.65 Å². The Morgan fingerprint density at radius 1 is 1.24 bits per heavy atom. The van der Waals surface area contributed by atoms with E-state index in [4.69, 9.17) is 5.26 Å². The lowest BCUT2D eigenvalue weighted by atomic mass is 10.0. The van der Waals surface area contributed by atoms with Crippen molar-refractivity contribution in [2.24, 2.45) is 0 Å². The highest BCUT2D eigenvalue weighted by Gasteiger charge is 2.46. The molecule has 0 spiro atoms. The maximum atomic E-state index is 14.1. The summed E-state index contributed by atoms with van der Waals surface area (Å²) in [5.41, 5.74) is 1.13. The average molecular weight is 343 g/mol. The van der Waals surface area contributed by atoms with Gasteiger partial charge in [0, 0.05) is 6.42 Å². The second-order valence-electron chi connectivity index (χ2n) is 5.98. The highest BCUT2D eigenvalue weighted by Crippen LogP contribution is 2.43. The summed E-state index contributed by atoms with van der Waals surface area (Å²) in [6, 6.07) is 10.1. The van der Waals surface area contributed by atoms with Crippen LogP contribution in [0.3, 0.4) is 0 Å². The Bertz CT molecular complexity index is 991. The maximum Gasteiger partial charge on any atom is 0.267 e. The number of aromatic nitrogens is 3. The van der Waals surface area contributed by atoms with Gasteiger partial charge in [-0.2, -0.15) is 5.26 Å². The van der Waals surface area contributed by atoms with Crippen LogP contribution in [0.1, 0.15) is 23.7 Å². The first-order valence-corrected chi connectivity index (χ1v) is 7.62. The van der Waals surface area contributed by atoms with Gasteiger partial charge >= 0.3 is 0 Å². The molecule has 1 fully saturated rings. The van der Waals surface area contributed by atoms with Crippen molar-refractivity contribution < 1.29 is 13.2 Å². The summed E-state index contributed by atoms with van der Waals surface area (Å²) in [5, 5.41) is 13.4. The topological polar surface area (TPSA) is 57.2 Å². The average Bonchev–Trinajstić information content (AvgIpc) is 3.14. The van der Waals surface area contributed by atoms with Crippen LogP contribution in [0.2, 0.25) is 0 Å². The summed E-state index contributed by atoms with van der Waals surface area (Å²) in [6.07, 6.45) is 0.944. The van der Waals surface area contributed by atoms with Gasteiger partial charge in [0.25, 0.3) is 5.92 Å². The van der Waals surface area contributed by atoms with Crippen molar-refractivity contribution in [3.8, 4) is 6.07 Å². The largest absolute Gasteiger partial charge is 0.342 e. The SMILES string of the molecule is N#Cc1cnc2ccc(N3CC(F)(F)CC3c3cccc(F)c3)nn12. The normalized spacial score (nSPS) is 19.3. The minimum atomic E-state index is -2.92. The first-order valence-electron chi connectivity index (χ1n) is 7.62. The van der Waals surface area contributed by atoms with Crippen molar-refractivity contribution >= 4 is 11.5 Å². The number of rotatable bonds is 2. The van der Waals surface area contributed by atoms with E-state index in [-0.39, 0.29) is 11.5 Å². The number of benzene rings is 1. The van der Waals surface area contributed by atoms with E-state index in [2.05, 4.69) is 10.1 Å². The molecule has 1 atom stereocenters. The van der Waals surface area contributed by atoms with Gasteiger partial charge < -0.3 is 4.90 Å². The van der Waals surface area contributed by atoms with E-state index in [1.807, 2.05) is 6.07 Å². The molecule has 0 bridgehead atoms. The highest BCUT2D eigenvalue weighted by atomic mass is 19.3. The number of hydrogen-bond acceptors (Lipinski definition) is 4. The summed E-state index contributed by atoms with van der Waals surface area (Å²) in [7, 11) is 0. The molecule has 1 unspecified atom stereocenters. The van der Waals surface area contributed by atoms with Crippen molar-refractivity contribution in [3.63, 3.8) is 0 Å². The molecule has 3 heterocycles. The predicted octanol–water partition coefficient (Wildman–Crippen LogP) is 3.33. The number of imidazole rings is 1. The Labute approximate surface area is 140 Å². The molecular weight excluding hydrogens is 331 g/mol. The standard InChI is InChI=1S/C17H12F3N5/c18-12-3-1-2-11(6-12)14-7-17(19,20)10-24(14)16-5-4-15-22-9-13(8-21)25(15)23-16/h1-6,9,14H,7,10H2. The Hall–Kier alpha value is -3.08. The van der Waals surface area contributed by atoms with E-state index in [1.54, 1.807) is 18.2 Å². The fourth-order valence-electron chi connectivity index (χ4n) is 3.16. The molecule has 1 saturated heterocycles. The molecular formula is C17H12F3N5. The molecule has 2 aromatic heterocycles. The van der Waals surface area contributed by atoms with Crippen molar-refractivity contribution in [2.75, 3.05) is 11.4 Å². The Kier molecular flexibility index (Phi) is 3.39. The van der Waals surface area contributed by atoms with Crippen LogP contribution in [0, 0.1) is 17.1 Å². The number of nitrogens with zero attached hydrogens (tertiary/aromatic N) is 5. The molecule has 126 valence electrons. The van der Waals surface area contributed by atoms with Gasteiger partial charge in [-0.1, -0.05) is 12.1 Å². The lowest BCUT2D eigenvalue weighted by molar-refractivity contribution is 0.0222. The van der Waals surface area contributed by atoms with E-state index in [0.717, 1.165) is 0 Å². The van der Waals surface area contributed by atoms with Crippen LogP contribution >= 0.6 is 0 Å². The predicted molar refractivity (Wildman–Crippen MR) is 83.8 cm³/mol. The van der Waals surface area contributed by atoms with Crippen molar-refractivity contribution in [1.29, 1.82) is 5.26 Å². The molecule has 1 aromatic carbocycles. The summed E-state index contributed by atoms with van der Waals surface area (Å²) in [5.74, 6) is -3.11. The minimum absolute atomic E-state index is 0.213. The van der Waals surface area contributed by atoms with Crippen molar-refractivity contribution in [2.45, 2.75) is 18.4 Å². The number of anilines is 1. The van der Waals surface area contributed by atoms with Crippen LogP contribution in [-0.4, -0.2) is 27.1 Å². The fourth-order valence-corrected chi connectivity index (χ4v) is 3.16. The van der Waals surface area contributed by atoms with Gasteiger partial charge in [-0.25, -0.2) is 22.7 Å². The third kappa shape index (κ3) is 2.67. The third-order valence-electron chi connectivity index (χ3n) is 4.26. The number of hydrogen-bond donors (Lipinski definition) is 0. The summed E-state index contributed by atoms with van der Waals surface area (Å²) < 4.78 is 43.0. The number of halogens is 3. The molecule has 0 N–H and O–H groups in total. The zero-order valence-electron chi connectivity index (χ0n) is 12.9. The molecule has 3 aromatic rings. The van der Waals surface area contributed by atoms with Gasteiger partial charge in [0.05, 0.1) is 18.8 Å². The minimum Gasteiger partial charge on any atom is -0.342 e. The van der Waals surface area contributed by atoms with Crippen LogP contribution in [0.4, 0.5) is 19.0 Å². The van der Waals surface area contributed by atoms with Crippen LogP contribution in [0.15, 0.2) is 42.6 Å². The van der Waals surface area contributed by atoms with Gasteiger partial charge in [-0.05, 0) is 29.8 Å². The van der Waals surface area contributed by atoms with Gasteiger partial charge in [0.2, 0.25) is 0 Å². The molecule has 0 aliphatic carbocycles. The van der Waals surface area contributed by atoms with Crippen LogP contribution < -0.4 is 4.90 Å². The fraction of sp³-hybridized carbons (Fsp3) is 0.235.